The van der Waals surface area contributed by atoms with Crippen LogP contribution in [0.15, 0.2) is 18.2 Å². The molecule has 0 saturated carbocycles. The van der Waals surface area contributed by atoms with E-state index in [4.69, 9.17) is 9.47 Å². The number of methoxy groups -OCH3 is 1. The predicted octanol–water partition coefficient (Wildman–Crippen LogP) is 3.39. The molecule has 1 aromatic rings. The van der Waals surface area contributed by atoms with Crippen molar-refractivity contribution in [1.29, 1.82) is 0 Å². The number of carbonyl (C=O) groups excluding carboxylic acids is 1. The minimum Gasteiger partial charge on any atom is -0.493 e. The van der Waals surface area contributed by atoms with E-state index in [-0.39, 0.29) is 5.97 Å². The van der Waals surface area contributed by atoms with Crippen LogP contribution < -0.4 is 4.74 Å². The molecule has 3 heteroatoms. The first-order valence-corrected chi connectivity index (χ1v) is 5.95. The molecule has 0 N–H and O–H groups in total. The summed E-state index contributed by atoms with van der Waals surface area (Å²) in [5.41, 5.74) is 1.61. The van der Waals surface area contributed by atoms with E-state index >= 15 is 0 Å². The molecule has 0 atom stereocenters. The van der Waals surface area contributed by atoms with E-state index in [2.05, 4.69) is 20.8 Å². The van der Waals surface area contributed by atoms with Gasteiger partial charge in [-0.15, -0.1) is 0 Å². The van der Waals surface area contributed by atoms with Crippen LogP contribution in [-0.2, 0) is 4.74 Å². The molecule has 0 fully saturated rings. The Morgan fingerprint density at radius 1 is 1.35 bits per heavy atom. The molecule has 0 aliphatic carbocycles. The molecular formula is C14H20O3. The highest BCUT2D eigenvalue weighted by Gasteiger charge is 2.12. The van der Waals surface area contributed by atoms with Crippen molar-refractivity contribution in [2.24, 2.45) is 0 Å². The number of hydrogen-bond acceptors (Lipinski definition) is 3. The largest absolute Gasteiger partial charge is 0.493 e. The molecule has 0 saturated heterocycles. The number of esters is 1. The van der Waals surface area contributed by atoms with Crippen LogP contribution in [0.4, 0.5) is 0 Å². The zero-order chi connectivity index (χ0) is 12.8. The summed E-state index contributed by atoms with van der Waals surface area (Å²) in [7, 11) is 1.39. The van der Waals surface area contributed by atoms with E-state index in [1.165, 1.54) is 7.11 Å². The molecule has 0 spiro atoms. The van der Waals surface area contributed by atoms with Crippen molar-refractivity contribution in [3.05, 3.63) is 29.3 Å². The Kier molecular flexibility index (Phi) is 5.01. The first-order chi connectivity index (χ1) is 8.10. The summed E-state index contributed by atoms with van der Waals surface area (Å²) >= 11 is 0. The average Bonchev–Trinajstić information content (AvgIpc) is 2.35. The third-order valence-electron chi connectivity index (χ3n) is 2.51. The first kappa shape index (κ1) is 13.6. The first-order valence-electron chi connectivity index (χ1n) is 5.95. The molecule has 0 radical (unpaired) electrons. The van der Waals surface area contributed by atoms with Crippen LogP contribution in [0.3, 0.4) is 0 Å². The van der Waals surface area contributed by atoms with Crippen molar-refractivity contribution in [3.8, 4) is 5.75 Å². The molecule has 1 aromatic carbocycles. The van der Waals surface area contributed by atoms with E-state index in [0.717, 1.165) is 17.7 Å². The molecular weight excluding hydrogens is 216 g/mol. The lowest BCUT2D eigenvalue weighted by atomic mass is 9.99. The van der Waals surface area contributed by atoms with Gasteiger partial charge in [0.25, 0.3) is 0 Å². The summed E-state index contributed by atoms with van der Waals surface area (Å²) in [4.78, 5) is 11.5. The quantitative estimate of drug-likeness (QED) is 0.735. The van der Waals surface area contributed by atoms with Crippen LogP contribution in [0.1, 0.15) is 49.0 Å². The van der Waals surface area contributed by atoms with Gasteiger partial charge in [-0.25, -0.2) is 4.79 Å². The van der Waals surface area contributed by atoms with Crippen LogP contribution in [-0.4, -0.2) is 19.7 Å². The number of hydrogen-bond donors (Lipinski definition) is 0. The Balaban J connectivity index is 3.03. The number of ether oxygens (including phenoxy) is 2. The summed E-state index contributed by atoms with van der Waals surface area (Å²) < 4.78 is 10.4. The lowest BCUT2D eigenvalue weighted by Crippen LogP contribution is -2.05. The molecule has 3 nitrogen and oxygen atoms in total. The van der Waals surface area contributed by atoms with E-state index in [1.807, 2.05) is 12.1 Å². The molecule has 17 heavy (non-hydrogen) atoms. The van der Waals surface area contributed by atoms with Crippen molar-refractivity contribution >= 4 is 5.97 Å². The maximum Gasteiger partial charge on any atom is 0.337 e. The monoisotopic (exact) mass is 236 g/mol. The Morgan fingerprint density at radius 2 is 2.06 bits per heavy atom. The van der Waals surface area contributed by atoms with Crippen molar-refractivity contribution in [2.75, 3.05) is 13.7 Å². The molecule has 0 amide bonds. The zero-order valence-corrected chi connectivity index (χ0v) is 10.9. The molecule has 0 aromatic heterocycles. The second kappa shape index (κ2) is 6.28. The smallest absolute Gasteiger partial charge is 0.337 e. The minimum absolute atomic E-state index is 0.311. The summed E-state index contributed by atoms with van der Waals surface area (Å²) in [5, 5.41) is 0. The summed E-state index contributed by atoms with van der Waals surface area (Å²) in [6, 6.07) is 5.43. The van der Waals surface area contributed by atoms with E-state index in [0.29, 0.717) is 18.1 Å². The fourth-order valence-corrected chi connectivity index (χ4v) is 1.59. The van der Waals surface area contributed by atoms with Gasteiger partial charge in [-0.1, -0.05) is 20.8 Å². The number of benzene rings is 1. The summed E-state index contributed by atoms with van der Waals surface area (Å²) in [6.45, 7) is 6.92. The summed E-state index contributed by atoms with van der Waals surface area (Å²) in [5.74, 6) is 0.856. The highest BCUT2D eigenvalue weighted by atomic mass is 16.5. The van der Waals surface area contributed by atoms with Crippen LogP contribution >= 0.6 is 0 Å². The van der Waals surface area contributed by atoms with Gasteiger partial charge in [0.15, 0.2) is 0 Å². The second-order valence-electron chi connectivity index (χ2n) is 4.25. The molecule has 94 valence electrons. The van der Waals surface area contributed by atoms with Crippen molar-refractivity contribution in [2.45, 2.75) is 33.1 Å². The van der Waals surface area contributed by atoms with Crippen LogP contribution in [0, 0.1) is 0 Å². The standard InChI is InChI=1S/C14H20O3/c1-5-8-17-13-7-6-11(14(15)16-4)9-12(13)10(2)3/h6-7,9-10H,5,8H2,1-4H3. The lowest BCUT2D eigenvalue weighted by Gasteiger charge is -2.14. The predicted molar refractivity (Wildman–Crippen MR) is 67.7 cm³/mol. The van der Waals surface area contributed by atoms with Gasteiger partial charge < -0.3 is 9.47 Å². The van der Waals surface area contributed by atoms with E-state index < -0.39 is 0 Å². The Hall–Kier alpha value is -1.51. The van der Waals surface area contributed by atoms with Crippen molar-refractivity contribution in [1.82, 2.24) is 0 Å². The fourth-order valence-electron chi connectivity index (χ4n) is 1.59. The zero-order valence-electron chi connectivity index (χ0n) is 10.9. The molecule has 0 aliphatic rings. The lowest BCUT2D eigenvalue weighted by molar-refractivity contribution is 0.0600. The normalized spacial score (nSPS) is 10.4. The number of carbonyl (C=O) groups is 1. The van der Waals surface area contributed by atoms with E-state index in [9.17, 15) is 4.79 Å². The van der Waals surface area contributed by atoms with Crippen LogP contribution in [0.2, 0.25) is 0 Å². The average molecular weight is 236 g/mol. The van der Waals surface area contributed by atoms with Gasteiger partial charge in [-0.05, 0) is 36.1 Å². The molecule has 0 bridgehead atoms. The maximum atomic E-state index is 11.5. The third kappa shape index (κ3) is 3.48. The van der Waals surface area contributed by atoms with Gasteiger partial charge in [0, 0.05) is 0 Å². The van der Waals surface area contributed by atoms with E-state index in [1.54, 1.807) is 6.07 Å². The van der Waals surface area contributed by atoms with Crippen LogP contribution in [0.5, 0.6) is 5.75 Å². The topological polar surface area (TPSA) is 35.5 Å². The molecule has 0 heterocycles. The SMILES string of the molecule is CCCOc1ccc(C(=O)OC)cc1C(C)C. The number of rotatable bonds is 5. The Labute approximate surface area is 103 Å². The minimum atomic E-state index is -0.311. The summed E-state index contributed by atoms with van der Waals surface area (Å²) in [6.07, 6.45) is 0.969. The molecule has 1 rings (SSSR count). The Bertz CT molecular complexity index is 383. The third-order valence-corrected chi connectivity index (χ3v) is 2.51. The molecule has 0 aliphatic heterocycles. The fraction of sp³-hybridized carbons (Fsp3) is 0.500. The highest BCUT2D eigenvalue weighted by molar-refractivity contribution is 5.89. The second-order valence-corrected chi connectivity index (χ2v) is 4.25. The van der Waals surface area contributed by atoms with Crippen LogP contribution in [0.25, 0.3) is 0 Å². The van der Waals surface area contributed by atoms with Crippen molar-refractivity contribution < 1.29 is 14.3 Å². The van der Waals surface area contributed by atoms with Gasteiger partial charge in [0.2, 0.25) is 0 Å². The van der Waals surface area contributed by atoms with Gasteiger partial charge in [0.1, 0.15) is 5.75 Å². The maximum absolute atomic E-state index is 11.5. The van der Waals surface area contributed by atoms with Gasteiger partial charge >= 0.3 is 5.97 Å². The van der Waals surface area contributed by atoms with Gasteiger partial charge in [-0.3, -0.25) is 0 Å². The van der Waals surface area contributed by atoms with Gasteiger partial charge in [-0.2, -0.15) is 0 Å². The van der Waals surface area contributed by atoms with Crippen molar-refractivity contribution in [3.63, 3.8) is 0 Å². The molecule has 0 unspecified atom stereocenters. The van der Waals surface area contributed by atoms with Gasteiger partial charge in [0.05, 0.1) is 19.3 Å². The Morgan fingerprint density at radius 3 is 2.59 bits per heavy atom. The highest BCUT2D eigenvalue weighted by Crippen LogP contribution is 2.28.